The summed E-state index contributed by atoms with van der Waals surface area (Å²) < 4.78 is 0. The zero-order valence-electron chi connectivity index (χ0n) is 34.6. The van der Waals surface area contributed by atoms with Crippen molar-refractivity contribution in [3.05, 3.63) is 249 Å². The van der Waals surface area contributed by atoms with Gasteiger partial charge in [0.15, 0.2) is 0 Å². The lowest BCUT2D eigenvalue weighted by Gasteiger charge is -2.29. The van der Waals surface area contributed by atoms with Gasteiger partial charge < -0.3 is 4.90 Å². The molecule has 0 atom stereocenters. The third kappa shape index (κ3) is 6.87. The number of nitrogens with zero attached hydrogens (tertiary/aromatic N) is 1. The average Bonchev–Trinajstić information content (AvgIpc) is 3.35. The molecule has 0 heterocycles. The average molecular weight is 800 g/mol. The predicted molar refractivity (Wildman–Crippen MR) is 270 cm³/mol. The zero-order valence-corrected chi connectivity index (χ0v) is 34.6. The minimum Gasteiger partial charge on any atom is -0.310 e. The molecule has 63 heavy (non-hydrogen) atoms. The highest BCUT2D eigenvalue weighted by Crippen LogP contribution is 2.45. The first-order chi connectivity index (χ1) is 31.2. The first-order valence-electron chi connectivity index (χ1n) is 21.7. The van der Waals surface area contributed by atoms with E-state index in [9.17, 15) is 0 Å². The van der Waals surface area contributed by atoms with Crippen molar-refractivity contribution >= 4 is 70.9 Å². The third-order valence-electron chi connectivity index (χ3n) is 12.7. The second kappa shape index (κ2) is 15.3. The van der Waals surface area contributed by atoms with Gasteiger partial charge in [-0.05, 0) is 160 Å². The fraction of sp³-hybridized carbons (Fsp3) is 0. The minimum atomic E-state index is 1.08. The van der Waals surface area contributed by atoms with Crippen LogP contribution in [0.2, 0.25) is 0 Å². The topological polar surface area (TPSA) is 3.24 Å². The molecule has 0 aliphatic carbocycles. The lowest BCUT2D eigenvalue weighted by molar-refractivity contribution is 1.30. The summed E-state index contributed by atoms with van der Waals surface area (Å²) >= 11 is 0. The maximum atomic E-state index is 2.49. The predicted octanol–water partition coefficient (Wildman–Crippen LogP) is 17.6. The molecule has 0 aliphatic rings. The molecule has 1 nitrogen and oxygen atoms in total. The lowest BCUT2D eigenvalue weighted by atomic mass is 9.93. The van der Waals surface area contributed by atoms with Gasteiger partial charge in [0.25, 0.3) is 0 Å². The summed E-state index contributed by atoms with van der Waals surface area (Å²) in [4.78, 5) is 2.49. The molecule has 12 aromatic carbocycles. The van der Waals surface area contributed by atoms with E-state index in [1.165, 1.54) is 76.1 Å². The first-order valence-corrected chi connectivity index (χ1v) is 21.7. The molecule has 0 saturated carbocycles. The van der Waals surface area contributed by atoms with Crippen molar-refractivity contribution in [3.63, 3.8) is 0 Å². The Morgan fingerprint density at radius 2 is 0.492 bits per heavy atom. The van der Waals surface area contributed by atoms with E-state index in [0.717, 1.165) is 39.3 Å². The van der Waals surface area contributed by atoms with Crippen LogP contribution < -0.4 is 4.90 Å². The molecule has 0 aromatic heterocycles. The van der Waals surface area contributed by atoms with Gasteiger partial charge in [-0.25, -0.2) is 0 Å². The zero-order chi connectivity index (χ0) is 41.7. The Morgan fingerprint density at radius 3 is 0.857 bits per heavy atom. The largest absolute Gasteiger partial charge is 0.310 e. The Morgan fingerprint density at radius 1 is 0.190 bits per heavy atom. The fourth-order valence-corrected chi connectivity index (χ4v) is 9.45. The molecule has 0 spiro atoms. The maximum Gasteiger partial charge on any atom is 0.0540 e. The van der Waals surface area contributed by atoms with Crippen LogP contribution in [0.5, 0.6) is 0 Å². The highest BCUT2D eigenvalue weighted by molar-refractivity contribution is 6.02. The summed E-state index contributed by atoms with van der Waals surface area (Å²) in [6.07, 6.45) is 0. The summed E-state index contributed by atoms with van der Waals surface area (Å²) in [7, 11) is 0. The molecule has 0 unspecified atom stereocenters. The molecule has 0 N–H and O–H groups in total. The molecule has 0 bridgehead atoms. The van der Waals surface area contributed by atoms with Crippen LogP contribution in [0, 0.1) is 0 Å². The van der Waals surface area contributed by atoms with Crippen LogP contribution in [0.1, 0.15) is 0 Å². The number of benzene rings is 12. The van der Waals surface area contributed by atoms with Crippen LogP contribution in [0.25, 0.3) is 98.4 Å². The minimum absolute atomic E-state index is 1.08. The summed E-state index contributed by atoms with van der Waals surface area (Å²) in [5, 5.41) is 12.2. The van der Waals surface area contributed by atoms with E-state index in [1.54, 1.807) is 0 Å². The van der Waals surface area contributed by atoms with Crippen LogP contribution in [0.4, 0.5) is 17.1 Å². The molecule has 294 valence electrons. The lowest BCUT2D eigenvalue weighted by Crippen LogP contribution is -2.11. The van der Waals surface area contributed by atoms with E-state index >= 15 is 0 Å². The molecule has 12 aromatic rings. The molecule has 0 aliphatic heterocycles. The van der Waals surface area contributed by atoms with E-state index < -0.39 is 0 Å². The van der Waals surface area contributed by atoms with Crippen LogP contribution in [0.3, 0.4) is 0 Å². The molecule has 1 heteroatoms. The van der Waals surface area contributed by atoms with Gasteiger partial charge in [0.1, 0.15) is 0 Å². The van der Waals surface area contributed by atoms with Gasteiger partial charge in [-0.15, -0.1) is 0 Å². The van der Waals surface area contributed by atoms with Gasteiger partial charge in [-0.2, -0.15) is 0 Å². The van der Waals surface area contributed by atoms with Gasteiger partial charge in [0.05, 0.1) is 5.69 Å². The van der Waals surface area contributed by atoms with E-state index in [0.29, 0.717) is 0 Å². The van der Waals surface area contributed by atoms with Crippen LogP contribution in [-0.4, -0.2) is 0 Å². The van der Waals surface area contributed by atoms with Crippen LogP contribution in [0.15, 0.2) is 249 Å². The summed E-state index contributed by atoms with van der Waals surface area (Å²) in [5.74, 6) is 0. The SMILES string of the molecule is c1ccc2cc(-c3cc(-c4ccc5ccccc5c4)cc(N(c4cc(-c5ccc6ccccc6c5)cc(-c5ccc6ccccc6c5)c4)c4cccc5ccccc45)c3)ccc2c1. The summed E-state index contributed by atoms with van der Waals surface area (Å²) in [6.45, 7) is 0. The van der Waals surface area contributed by atoms with Crippen molar-refractivity contribution in [2.24, 2.45) is 0 Å². The Hall–Kier alpha value is -8.26. The normalized spacial score (nSPS) is 11.5. The van der Waals surface area contributed by atoms with Gasteiger partial charge in [0, 0.05) is 16.8 Å². The van der Waals surface area contributed by atoms with Crippen LogP contribution >= 0.6 is 0 Å². The first kappa shape index (κ1) is 36.6. The Kier molecular flexibility index (Phi) is 8.90. The molecule has 0 amide bonds. The van der Waals surface area contributed by atoms with Crippen molar-refractivity contribution in [2.75, 3.05) is 4.90 Å². The van der Waals surface area contributed by atoms with E-state index in [-0.39, 0.29) is 0 Å². The number of anilines is 3. The maximum absolute atomic E-state index is 2.49. The number of hydrogen-bond donors (Lipinski definition) is 0. The highest BCUT2D eigenvalue weighted by Gasteiger charge is 2.20. The number of hydrogen-bond acceptors (Lipinski definition) is 1. The third-order valence-corrected chi connectivity index (χ3v) is 12.7. The molecule has 0 saturated heterocycles. The smallest absolute Gasteiger partial charge is 0.0540 e. The monoisotopic (exact) mass is 799 g/mol. The van der Waals surface area contributed by atoms with Crippen molar-refractivity contribution < 1.29 is 0 Å². The Balaban J connectivity index is 1.15. The highest BCUT2D eigenvalue weighted by atomic mass is 15.1. The van der Waals surface area contributed by atoms with Gasteiger partial charge in [0.2, 0.25) is 0 Å². The Labute approximate surface area is 367 Å². The van der Waals surface area contributed by atoms with Gasteiger partial charge >= 0.3 is 0 Å². The Bertz CT molecular complexity index is 3300. The standard InChI is InChI=1S/C62H41N/c1-5-17-47-32-51(28-24-42(47)12-1)55-36-56(52-29-25-43-13-2-6-18-48(43)33-52)39-59(38-55)63(62-23-11-21-46-16-9-10-22-61(46)62)60-40-57(53-30-26-44-14-3-7-19-49(44)34-53)37-58(41-60)54-31-27-45-15-4-8-20-50(45)35-54/h1-41H. The number of rotatable bonds is 7. The van der Waals surface area contributed by atoms with Gasteiger partial charge in [-0.1, -0.05) is 182 Å². The van der Waals surface area contributed by atoms with Crippen molar-refractivity contribution in [2.45, 2.75) is 0 Å². The second-order valence-corrected chi connectivity index (χ2v) is 16.6. The molecule has 12 rings (SSSR count). The second-order valence-electron chi connectivity index (χ2n) is 16.6. The van der Waals surface area contributed by atoms with Crippen molar-refractivity contribution in [1.29, 1.82) is 0 Å². The molecule has 0 fully saturated rings. The summed E-state index contributed by atoms with van der Waals surface area (Å²) in [6, 6.07) is 91.7. The number of fused-ring (bicyclic) bond motifs is 5. The molecule has 0 radical (unpaired) electrons. The van der Waals surface area contributed by atoms with E-state index in [4.69, 9.17) is 0 Å². The van der Waals surface area contributed by atoms with Crippen molar-refractivity contribution in [3.8, 4) is 44.5 Å². The fourth-order valence-electron chi connectivity index (χ4n) is 9.45. The van der Waals surface area contributed by atoms with Gasteiger partial charge in [-0.3, -0.25) is 0 Å². The molecular formula is C62H41N. The van der Waals surface area contributed by atoms with Crippen molar-refractivity contribution in [1.82, 2.24) is 0 Å². The van der Waals surface area contributed by atoms with Crippen LogP contribution in [-0.2, 0) is 0 Å². The summed E-state index contributed by atoms with van der Waals surface area (Å²) in [5.41, 5.74) is 12.6. The molecular weight excluding hydrogens is 759 g/mol. The quantitative estimate of drug-likeness (QED) is 0.155. The van der Waals surface area contributed by atoms with E-state index in [1.807, 2.05) is 0 Å². The van der Waals surface area contributed by atoms with E-state index in [2.05, 4.69) is 254 Å².